The molecule has 0 spiro atoms. The first kappa shape index (κ1) is 14.1. The van der Waals surface area contributed by atoms with Crippen LogP contribution in [0.15, 0.2) is 23.1 Å². The molecule has 1 heterocycles. The van der Waals surface area contributed by atoms with Crippen LogP contribution >= 0.6 is 0 Å². The summed E-state index contributed by atoms with van der Waals surface area (Å²) in [4.78, 5) is 0.0971. The third-order valence-corrected chi connectivity index (χ3v) is 4.76. The maximum Gasteiger partial charge on any atom is 0.248 e. The molecular formula is C12H17NO5S. The van der Waals surface area contributed by atoms with Gasteiger partial charge in [0.25, 0.3) is 0 Å². The van der Waals surface area contributed by atoms with Gasteiger partial charge in [-0.2, -0.15) is 4.31 Å². The lowest BCUT2D eigenvalue weighted by Gasteiger charge is -2.26. The Hall–Kier alpha value is -1.31. The zero-order valence-electron chi connectivity index (χ0n) is 11.0. The summed E-state index contributed by atoms with van der Waals surface area (Å²) in [6.07, 6.45) is 0.686. The van der Waals surface area contributed by atoms with E-state index >= 15 is 0 Å². The molecule has 0 amide bonds. The van der Waals surface area contributed by atoms with Crippen LogP contribution in [0.1, 0.15) is 6.42 Å². The van der Waals surface area contributed by atoms with Crippen LogP contribution in [0.2, 0.25) is 0 Å². The van der Waals surface area contributed by atoms with Crippen molar-refractivity contribution in [3.8, 4) is 11.5 Å². The largest absolute Gasteiger partial charge is 0.497 e. The number of benzene rings is 1. The lowest BCUT2D eigenvalue weighted by molar-refractivity contribution is 0.0312. The topological polar surface area (TPSA) is 65.1 Å². The van der Waals surface area contributed by atoms with Crippen LogP contribution in [0.4, 0.5) is 0 Å². The van der Waals surface area contributed by atoms with E-state index in [1.165, 1.54) is 24.6 Å². The minimum Gasteiger partial charge on any atom is -0.497 e. The zero-order valence-corrected chi connectivity index (χ0v) is 11.8. The molecule has 1 fully saturated rings. The Labute approximate surface area is 112 Å². The predicted molar refractivity (Wildman–Crippen MR) is 68.9 cm³/mol. The van der Waals surface area contributed by atoms with Gasteiger partial charge in [0.1, 0.15) is 23.1 Å². The third-order valence-electron chi connectivity index (χ3n) is 2.92. The highest BCUT2D eigenvalue weighted by Gasteiger charge is 2.29. The standard InChI is InChI=1S/C12H17NO5S/c1-16-10-4-5-11(17-2)12(8-10)19(14,15)13-6-3-7-18-9-13/h4-5,8H,3,6-7,9H2,1-2H3. The van der Waals surface area contributed by atoms with Crippen molar-refractivity contribution in [2.45, 2.75) is 11.3 Å². The van der Waals surface area contributed by atoms with Gasteiger partial charge in [-0.3, -0.25) is 0 Å². The van der Waals surface area contributed by atoms with Gasteiger partial charge in [0, 0.05) is 19.2 Å². The molecule has 1 aliphatic rings. The first-order chi connectivity index (χ1) is 9.09. The average molecular weight is 287 g/mol. The highest BCUT2D eigenvalue weighted by molar-refractivity contribution is 7.89. The lowest BCUT2D eigenvalue weighted by Crippen LogP contribution is -2.38. The van der Waals surface area contributed by atoms with Crippen molar-refractivity contribution >= 4 is 10.0 Å². The number of sulfonamides is 1. The van der Waals surface area contributed by atoms with E-state index in [0.29, 0.717) is 31.1 Å². The fourth-order valence-corrected chi connectivity index (χ4v) is 3.42. The van der Waals surface area contributed by atoms with Gasteiger partial charge in [0.15, 0.2) is 0 Å². The number of hydrogen-bond acceptors (Lipinski definition) is 5. The molecule has 0 atom stereocenters. The van der Waals surface area contributed by atoms with Gasteiger partial charge in [0.2, 0.25) is 10.0 Å². The second-order valence-corrected chi connectivity index (χ2v) is 5.99. The molecule has 2 rings (SSSR count). The number of rotatable bonds is 4. The third kappa shape index (κ3) is 2.83. The summed E-state index contributed by atoms with van der Waals surface area (Å²) in [5, 5.41) is 0. The van der Waals surface area contributed by atoms with Crippen molar-refractivity contribution in [3.63, 3.8) is 0 Å². The van der Waals surface area contributed by atoms with Crippen LogP contribution in [0.25, 0.3) is 0 Å². The molecule has 0 aromatic heterocycles. The van der Waals surface area contributed by atoms with Crippen LogP contribution in [-0.2, 0) is 14.8 Å². The van der Waals surface area contributed by atoms with Crippen molar-refractivity contribution in [1.29, 1.82) is 0 Å². The van der Waals surface area contributed by atoms with Crippen molar-refractivity contribution in [3.05, 3.63) is 18.2 Å². The van der Waals surface area contributed by atoms with Crippen LogP contribution in [0, 0.1) is 0 Å². The summed E-state index contributed by atoms with van der Waals surface area (Å²) in [6.45, 7) is 1.10. The monoisotopic (exact) mass is 287 g/mol. The van der Waals surface area contributed by atoms with Crippen molar-refractivity contribution in [2.24, 2.45) is 0 Å². The van der Waals surface area contributed by atoms with Gasteiger partial charge >= 0.3 is 0 Å². The van der Waals surface area contributed by atoms with E-state index in [0.717, 1.165) is 0 Å². The second kappa shape index (κ2) is 5.77. The van der Waals surface area contributed by atoms with E-state index in [1.807, 2.05) is 0 Å². The predicted octanol–water partition coefficient (Wildman–Crippen LogP) is 1.07. The Bertz CT molecular complexity index is 537. The summed E-state index contributed by atoms with van der Waals surface area (Å²) in [6, 6.07) is 4.70. The highest BCUT2D eigenvalue weighted by Crippen LogP contribution is 2.31. The number of ether oxygens (including phenoxy) is 3. The van der Waals surface area contributed by atoms with E-state index in [1.54, 1.807) is 12.1 Å². The molecule has 1 aromatic rings. The first-order valence-electron chi connectivity index (χ1n) is 5.89. The number of hydrogen-bond donors (Lipinski definition) is 0. The molecule has 19 heavy (non-hydrogen) atoms. The summed E-state index contributed by atoms with van der Waals surface area (Å²) >= 11 is 0. The molecule has 0 radical (unpaired) electrons. The number of nitrogens with zero attached hydrogens (tertiary/aromatic N) is 1. The van der Waals surface area contributed by atoms with E-state index in [-0.39, 0.29) is 11.6 Å². The van der Waals surface area contributed by atoms with Crippen LogP contribution in [-0.4, -0.2) is 46.8 Å². The van der Waals surface area contributed by atoms with Gasteiger partial charge < -0.3 is 14.2 Å². The molecule has 1 aliphatic heterocycles. The average Bonchev–Trinajstić information content (AvgIpc) is 2.47. The van der Waals surface area contributed by atoms with Gasteiger partial charge in [-0.15, -0.1) is 0 Å². The fourth-order valence-electron chi connectivity index (χ4n) is 1.89. The molecular weight excluding hydrogens is 270 g/mol. The second-order valence-electron chi connectivity index (χ2n) is 4.09. The zero-order chi connectivity index (χ0) is 13.9. The van der Waals surface area contributed by atoms with E-state index in [9.17, 15) is 8.42 Å². The molecule has 0 N–H and O–H groups in total. The van der Waals surface area contributed by atoms with E-state index in [4.69, 9.17) is 14.2 Å². The molecule has 1 saturated heterocycles. The van der Waals surface area contributed by atoms with Gasteiger partial charge in [-0.05, 0) is 18.6 Å². The first-order valence-corrected chi connectivity index (χ1v) is 7.33. The lowest BCUT2D eigenvalue weighted by atomic mass is 10.3. The summed E-state index contributed by atoms with van der Waals surface area (Å²) in [7, 11) is -0.708. The fraction of sp³-hybridized carbons (Fsp3) is 0.500. The minimum absolute atomic E-state index is 0.0721. The van der Waals surface area contributed by atoms with E-state index in [2.05, 4.69) is 0 Å². The quantitative estimate of drug-likeness (QED) is 0.829. The minimum atomic E-state index is -3.63. The molecule has 0 unspecified atom stereocenters. The molecule has 0 saturated carbocycles. The Balaban J connectivity index is 2.43. The SMILES string of the molecule is COc1ccc(OC)c(S(=O)(=O)N2CCCOC2)c1. The Morgan fingerprint density at radius 1 is 1.26 bits per heavy atom. The van der Waals surface area contributed by atoms with E-state index < -0.39 is 10.0 Å². The van der Waals surface area contributed by atoms with Crippen molar-refractivity contribution < 1.29 is 22.6 Å². The van der Waals surface area contributed by atoms with Gasteiger partial charge in [0.05, 0.1) is 14.2 Å². The highest BCUT2D eigenvalue weighted by atomic mass is 32.2. The molecule has 7 heteroatoms. The summed E-state index contributed by atoms with van der Waals surface area (Å²) in [5.41, 5.74) is 0. The van der Waals surface area contributed by atoms with Crippen LogP contribution in [0.3, 0.4) is 0 Å². The van der Waals surface area contributed by atoms with Gasteiger partial charge in [-0.25, -0.2) is 8.42 Å². The van der Waals surface area contributed by atoms with Crippen LogP contribution < -0.4 is 9.47 Å². The smallest absolute Gasteiger partial charge is 0.248 e. The van der Waals surface area contributed by atoms with Crippen molar-refractivity contribution in [2.75, 3.05) is 34.1 Å². The number of methoxy groups -OCH3 is 2. The maximum atomic E-state index is 12.5. The normalized spacial score (nSPS) is 17.2. The van der Waals surface area contributed by atoms with Gasteiger partial charge in [-0.1, -0.05) is 0 Å². The van der Waals surface area contributed by atoms with Crippen molar-refractivity contribution in [1.82, 2.24) is 4.31 Å². The summed E-state index contributed by atoms with van der Waals surface area (Å²) < 4.78 is 41.8. The molecule has 6 nitrogen and oxygen atoms in total. The molecule has 1 aromatic carbocycles. The Morgan fingerprint density at radius 3 is 2.63 bits per heavy atom. The Morgan fingerprint density at radius 2 is 2.05 bits per heavy atom. The molecule has 106 valence electrons. The van der Waals surface area contributed by atoms with Crippen LogP contribution in [0.5, 0.6) is 11.5 Å². The molecule has 0 bridgehead atoms. The summed E-state index contributed by atoms with van der Waals surface area (Å²) in [5.74, 6) is 0.767. The maximum absolute atomic E-state index is 12.5. The molecule has 0 aliphatic carbocycles. The Kier molecular flexibility index (Phi) is 4.28.